The molecule has 6 nitrogen and oxygen atoms in total. The van der Waals surface area contributed by atoms with Crippen LogP contribution in [0.5, 0.6) is 0 Å². The van der Waals surface area contributed by atoms with E-state index in [0.29, 0.717) is 0 Å². The van der Waals surface area contributed by atoms with Crippen molar-refractivity contribution in [3.8, 4) is 0 Å². The van der Waals surface area contributed by atoms with Gasteiger partial charge in [-0.1, -0.05) is 6.42 Å². The maximum atomic E-state index is 12.5. The number of ether oxygens (including phenoxy) is 4. The minimum atomic E-state index is -0.943. The van der Waals surface area contributed by atoms with Gasteiger partial charge in [0.15, 0.2) is 17.7 Å². The van der Waals surface area contributed by atoms with E-state index in [9.17, 15) is 9.59 Å². The minimum Gasteiger partial charge on any atom is -0.466 e. The number of rotatable bonds is 2. The third-order valence-electron chi connectivity index (χ3n) is 4.43. The van der Waals surface area contributed by atoms with Crippen molar-refractivity contribution < 1.29 is 28.5 Å². The van der Waals surface area contributed by atoms with Crippen LogP contribution < -0.4 is 0 Å². The lowest BCUT2D eigenvalue weighted by Crippen LogP contribution is -2.46. The molecule has 0 unspecified atom stereocenters. The largest absolute Gasteiger partial charge is 0.466 e. The first-order valence-corrected chi connectivity index (χ1v) is 7.32. The molecule has 3 atom stereocenters. The highest BCUT2D eigenvalue weighted by molar-refractivity contribution is 6.03. The van der Waals surface area contributed by atoms with E-state index in [2.05, 4.69) is 0 Å². The molecule has 0 aromatic carbocycles. The Kier molecular flexibility index (Phi) is 3.86. The molecule has 0 radical (unpaired) electrons. The molecule has 1 heterocycles. The molecule has 2 fully saturated rings. The summed E-state index contributed by atoms with van der Waals surface area (Å²) in [4.78, 5) is 24.3. The van der Waals surface area contributed by atoms with Gasteiger partial charge in [0.25, 0.3) is 0 Å². The lowest BCUT2D eigenvalue weighted by atomic mass is 9.91. The second kappa shape index (κ2) is 5.51. The molecule has 0 N–H and O–H groups in total. The summed E-state index contributed by atoms with van der Waals surface area (Å²) in [6.07, 6.45) is 4.22. The Bertz CT molecular complexity index is 477. The summed E-state index contributed by atoms with van der Waals surface area (Å²) in [5.74, 6) is -1.52. The van der Waals surface area contributed by atoms with Crippen molar-refractivity contribution in [3.63, 3.8) is 0 Å². The van der Waals surface area contributed by atoms with Gasteiger partial charge in [0, 0.05) is 20.0 Å². The Morgan fingerprint density at radius 1 is 1.24 bits per heavy atom. The van der Waals surface area contributed by atoms with Crippen molar-refractivity contribution in [2.75, 3.05) is 14.2 Å². The fraction of sp³-hybridized carbons (Fsp3) is 0.733. The Balaban J connectivity index is 1.89. The lowest BCUT2D eigenvalue weighted by Gasteiger charge is -2.31. The predicted molar refractivity (Wildman–Crippen MR) is 71.5 cm³/mol. The summed E-state index contributed by atoms with van der Waals surface area (Å²) >= 11 is 0. The second-order valence-corrected chi connectivity index (χ2v) is 5.72. The number of Topliss-reactive ketones (excluding diaryl/α,β-unsaturated/α-hetero) is 1. The maximum absolute atomic E-state index is 12.5. The molecule has 1 saturated heterocycles. The zero-order valence-electron chi connectivity index (χ0n) is 12.3. The number of carbonyl (C=O) groups excluding carboxylic acids is 2. The normalized spacial score (nSPS) is 34.5. The molecule has 0 aromatic heterocycles. The SMILES string of the molecule is COC(=O)C1=C[C@H]2OC3(CCCCC3)O[C@H]2C(=O)[C@H]1OC. The van der Waals surface area contributed by atoms with Crippen LogP contribution >= 0.6 is 0 Å². The Morgan fingerprint density at radius 2 is 1.95 bits per heavy atom. The topological polar surface area (TPSA) is 71.1 Å². The number of fused-ring (bicyclic) bond motifs is 1. The highest BCUT2D eigenvalue weighted by Crippen LogP contribution is 2.43. The molecule has 3 aliphatic rings. The fourth-order valence-electron chi connectivity index (χ4n) is 3.41. The molecule has 2 aliphatic carbocycles. The van der Waals surface area contributed by atoms with Gasteiger partial charge in [0.1, 0.15) is 12.2 Å². The number of hydrogen-bond donors (Lipinski definition) is 0. The Labute approximate surface area is 123 Å². The highest BCUT2D eigenvalue weighted by atomic mass is 16.8. The van der Waals surface area contributed by atoms with Crippen LogP contribution in [0, 0.1) is 0 Å². The maximum Gasteiger partial charge on any atom is 0.336 e. The number of ketones is 1. The molecule has 116 valence electrons. The van der Waals surface area contributed by atoms with Crippen LogP contribution in [-0.4, -0.2) is 50.1 Å². The van der Waals surface area contributed by atoms with E-state index in [0.717, 1.165) is 32.1 Å². The summed E-state index contributed by atoms with van der Waals surface area (Å²) in [6.45, 7) is 0. The van der Waals surface area contributed by atoms with Crippen molar-refractivity contribution in [3.05, 3.63) is 11.6 Å². The van der Waals surface area contributed by atoms with E-state index in [1.54, 1.807) is 6.08 Å². The molecule has 1 saturated carbocycles. The molecule has 3 rings (SSSR count). The molecule has 1 spiro atoms. The van der Waals surface area contributed by atoms with E-state index in [4.69, 9.17) is 18.9 Å². The van der Waals surface area contributed by atoms with Crippen LogP contribution in [-0.2, 0) is 28.5 Å². The first-order valence-electron chi connectivity index (χ1n) is 7.32. The fourth-order valence-corrected chi connectivity index (χ4v) is 3.41. The van der Waals surface area contributed by atoms with Gasteiger partial charge in [0.05, 0.1) is 12.7 Å². The van der Waals surface area contributed by atoms with Gasteiger partial charge in [-0.15, -0.1) is 0 Å². The molecule has 1 aliphatic heterocycles. The Hall–Kier alpha value is -1.24. The van der Waals surface area contributed by atoms with Crippen LogP contribution in [0.4, 0.5) is 0 Å². The van der Waals surface area contributed by atoms with E-state index in [1.165, 1.54) is 14.2 Å². The first-order chi connectivity index (χ1) is 10.1. The van der Waals surface area contributed by atoms with Gasteiger partial charge in [-0.25, -0.2) is 4.79 Å². The minimum absolute atomic E-state index is 0.197. The molecular formula is C15H20O6. The van der Waals surface area contributed by atoms with Gasteiger partial charge in [-0.3, -0.25) is 4.79 Å². The number of carbonyl (C=O) groups is 2. The lowest BCUT2D eigenvalue weighted by molar-refractivity contribution is -0.193. The van der Waals surface area contributed by atoms with Crippen molar-refractivity contribution in [1.29, 1.82) is 0 Å². The van der Waals surface area contributed by atoms with Gasteiger partial charge >= 0.3 is 5.97 Å². The number of hydrogen-bond acceptors (Lipinski definition) is 6. The molecule has 0 aromatic rings. The second-order valence-electron chi connectivity index (χ2n) is 5.72. The third-order valence-corrected chi connectivity index (χ3v) is 4.43. The number of methoxy groups -OCH3 is 2. The molecule has 21 heavy (non-hydrogen) atoms. The monoisotopic (exact) mass is 296 g/mol. The van der Waals surface area contributed by atoms with Crippen molar-refractivity contribution in [2.24, 2.45) is 0 Å². The molecule has 0 amide bonds. The molecule has 6 heteroatoms. The van der Waals surface area contributed by atoms with Gasteiger partial charge in [0.2, 0.25) is 0 Å². The summed E-state index contributed by atoms with van der Waals surface area (Å²) in [7, 11) is 2.67. The van der Waals surface area contributed by atoms with E-state index in [-0.39, 0.29) is 11.4 Å². The summed E-state index contributed by atoms with van der Waals surface area (Å²) in [5, 5.41) is 0. The summed E-state index contributed by atoms with van der Waals surface area (Å²) in [6, 6.07) is 0. The first kappa shape index (κ1) is 14.7. The zero-order valence-corrected chi connectivity index (χ0v) is 12.3. The van der Waals surface area contributed by atoms with Gasteiger partial charge < -0.3 is 18.9 Å². The van der Waals surface area contributed by atoms with Gasteiger partial charge in [-0.05, 0) is 18.9 Å². The summed E-state index contributed by atoms with van der Waals surface area (Å²) in [5.41, 5.74) is 0.197. The van der Waals surface area contributed by atoms with Crippen LogP contribution in [0.15, 0.2) is 11.6 Å². The molecule has 0 bridgehead atoms. The van der Waals surface area contributed by atoms with Crippen molar-refractivity contribution in [2.45, 2.75) is 56.2 Å². The highest BCUT2D eigenvalue weighted by Gasteiger charge is 2.54. The molecular weight excluding hydrogens is 276 g/mol. The predicted octanol–water partition coefficient (Wildman–Crippen LogP) is 1.13. The van der Waals surface area contributed by atoms with E-state index < -0.39 is 30.1 Å². The van der Waals surface area contributed by atoms with Crippen LogP contribution in [0.2, 0.25) is 0 Å². The van der Waals surface area contributed by atoms with Crippen LogP contribution in [0.3, 0.4) is 0 Å². The quantitative estimate of drug-likeness (QED) is 0.711. The van der Waals surface area contributed by atoms with Crippen molar-refractivity contribution in [1.82, 2.24) is 0 Å². The van der Waals surface area contributed by atoms with Crippen molar-refractivity contribution >= 4 is 11.8 Å². The van der Waals surface area contributed by atoms with Gasteiger partial charge in [-0.2, -0.15) is 0 Å². The smallest absolute Gasteiger partial charge is 0.336 e. The number of esters is 1. The van der Waals surface area contributed by atoms with Crippen LogP contribution in [0.1, 0.15) is 32.1 Å². The van der Waals surface area contributed by atoms with E-state index >= 15 is 0 Å². The average Bonchev–Trinajstić information content (AvgIpc) is 2.85. The average molecular weight is 296 g/mol. The Morgan fingerprint density at radius 3 is 2.57 bits per heavy atom. The third kappa shape index (κ3) is 2.41. The summed E-state index contributed by atoms with van der Waals surface area (Å²) < 4.78 is 21.8. The van der Waals surface area contributed by atoms with E-state index in [1.807, 2.05) is 0 Å². The van der Waals surface area contributed by atoms with Crippen LogP contribution in [0.25, 0.3) is 0 Å². The standard InChI is InChI=1S/C15H20O6/c1-18-12-9(14(17)19-2)8-10-13(11(12)16)21-15(20-10)6-4-3-5-7-15/h8,10,12-13H,3-7H2,1-2H3/t10-,12+,13-/m1/s1. The zero-order chi connectivity index (χ0) is 15.0.